The van der Waals surface area contributed by atoms with E-state index >= 15 is 0 Å². The van der Waals surface area contributed by atoms with Crippen LogP contribution in [0.3, 0.4) is 0 Å². The molecule has 1 aromatic rings. The van der Waals surface area contributed by atoms with Gasteiger partial charge in [-0.1, -0.05) is 18.5 Å². The summed E-state index contributed by atoms with van der Waals surface area (Å²) in [6.07, 6.45) is 2.11. The molecule has 2 heterocycles. The first-order valence-corrected chi connectivity index (χ1v) is 7.39. The van der Waals surface area contributed by atoms with E-state index in [1.165, 1.54) is 0 Å². The number of nitrogens with one attached hydrogen (secondary N) is 2. The topological polar surface area (TPSA) is 57.3 Å². The third-order valence-electron chi connectivity index (χ3n) is 3.61. The molecule has 2 N–H and O–H groups in total. The summed E-state index contributed by atoms with van der Waals surface area (Å²) < 4.78 is 0. The number of hydrogen-bond donors (Lipinski definition) is 2. The molecular formula is C14H21ClN4O. The van der Waals surface area contributed by atoms with Gasteiger partial charge in [0.05, 0.1) is 5.02 Å². The van der Waals surface area contributed by atoms with Crippen LogP contribution in [0, 0.1) is 0 Å². The first kappa shape index (κ1) is 15.1. The molecule has 110 valence electrons. The maximum Gasteiger partial charge on any atom is 0.271 e. The fraction of sp³-hybridized carbons (Fsp3) is 0.571. The predicted molar refractivity (Wildman–Crippen MR) is 81.4 cm³/mol. The minimum absolute atomic E-state index is 0.173. The summed E-state index contributed by atoms with van der Waals surface area (Å²) in [7, 11) is 1.76. The van der Waals surface area contributed by atoms with Crippen LogP contribution in [0.25, 0.3) is 0 Å². The van der Waals surface area contributed by atoms with Crippen LogP contribution in [-0.4, -0.2) is 48.5 Å². The molecule has 1 aliphatic rings. The Bertz CT molecular complexity index is 480. The number of aromatic nitrogens is 1. The van der Waals surface area contributed by atoms with Crippen LogP contribution in [0.1, 0.15) is 30.3 Å². The molecule has 1 unspecified atom stereocenters. The molecule has 20 heavy (non-hydrogen) atoms. The van der Waals surface area contributed by atoms with Crippen LogP contribution in [0.15, 0.2) is 12.1 Å². The number of hydrogen-bond acceptors (Lipinski definition) is 4. The summed E-state index contributed by atoms with van der Waals surface area (Å²) in [5.41, 5.74) is 0.284. The van der Waals surface area contributed by atoms with Crippen molar-refractivity contribution in [3.05, 3.63) is 22.8 Å². The van der Waals surface area contributed by atoms with Crippen molar-refractivity contribution >= 4 is 23.3 Å². The third-order valence-corrected chi connectivity index (χ3v) is 3.91. The largest absolute Gasteiger partial charge is 0.373 e. The van der Waals surface area contributed by atoms with Gasteiger partial charge in [0.25, 0.3) is 5.91 Å². The number of rotatable bonds is 4. The molecule has 1 atom stereocenters. The summed E-state index contributed by atoms with van der Waals surface area (Å²) in [6, 6.07) is 3.61. The lowest BCUT2D eigenvalue weighted by molar-refractivity contribution is 0.0901. The summed E-state index contributed by atoms with van der Waals surface area (Å²) in [5.74, 6) is 0.438. The van der Waals surface area contributed by atoms with Crippen molar-refractivity contribution in [1.82, 2.24) is 15.2 Å². The van der Waals surface area contributed by atoms with Gasteiger partial charge in [0.1, 0.15) is 11.5 Å². The molecule has 2 rings (SSSR count). The lowest BCUT2D eigenvalue weighted by Gasteiger charge is -2.32. The van der Waals surface area contributed by atoms with E-state index < -0.39 is 0 Å². The maximum atomic E-state index is 12.3. The van der Waals surface area contributed by atoms with Crippen LogP contribution >= 0.6 is 11.6 Å². The van der Waals surface area contributed by atoms with Crippen molar-refractivity contribution in [1.29, 1.82) is 0 Å². The van der Waals surface area contributed by atoms with Crippen molar-refractivity contribution in [3.8, 4) is 0 Å². The molecule has 1 saturated heterocycles. The molecule has 0 spiro atoms. The average Bonchev–Trinajstić information content (AvgIpc) is 2.47. The minimum Gasteiger partial charge on any atom is -0.373 e. The summed E-state index contributed by atoms with van der Waals surface area (Å²) in [5, 5.41) is 6.33. The molecule has 1 aromatic heterocycles. The highest BCUT2D eigenvalue weighted by Gasteiger charge is 2.22. The first-order chi connectivity index (χ1) is 9.63. The molecule has 0 aliphatic carbocycles. The van der Waals surface area contributed by atoms with Crippen molar-refractivity contribution in [2.75, 3.05) is 32.0 Å². The Morgan fingerprint density at radius 3 is 3.05 bits per heavy atom. The second-order valence-electron chi connectivity index (χ2n) is 4.98. The van der Waals surface area contributed by atoms with E-state index in [0.29, 0.717) is 10.8 Å². The zero-order valence-corrected chi connectivity index (χ0v) is 12.7. The molecule has 0 saturated carbocycles. The Morgan fingerprint density at radius 1 is 1.55 bits per heavy atom. The third kappa shape index (κ3) is 3.61. The summed E-state index contributed by atoms with van der Waals surface area (Å²) in [4.78, 5) is 18.9. The fourth-order valence-electron chi connectivity index (χ4n) is 2.45. The molecule has 6 heteroatoms. The van der Waals surface area contributed by atoms with Gasteiger partial charge >= 0.3 is 0 Å². The maximum absolute atomic E-state index is 12.3. The normalized spacial score (nSPS) is 19.6. The van der Waals surface area contributed by atoms with Crippen LogP contribution in [-0.2, 0) is 0 Å². The summed E-state index contributed by atoms with van der Waals surface area (Å²) in [6.45, 7) is 5.16. The lowest BCUT2D eigenvalue weighted by Crippen LogP contribution is -2.47. The van der Waals surface area contributed by atoms with Crippen molar-refractivity contribution in [2.45, 2.75) is 25.8 Å². The van der Waals surface area contributed by atoms with Gasteiger partial charge in [-0.25, -0.2) is 4.98 Å². The van der Waals surface area contributed by atoms with E-state index in [9.17, 15) is 4.79 Å². The van der Waals surface area contributed by atoms with Crippen molar-refractivity contribution in [3.63, 3.8) is 0 Å². The molecule has 0 radical (unpaired) electrons. The highest BCUT2D eigenvalue weighted by Crippen LogP contribution is 2.17. The van der Waals surface area contributed by atoms with E-state index in [4.69, 9.17) is 11.6 Å². The van der Waals surface area contributed by atoms with E-state index in [1.807, 2.05) is 0 Å². The van der Waals surface area contributed by atoms with Gasteiger partial charge in [-0.05, 0) is 38.1 Å². The number of pyridine rings is 1. The number of likely N-dealkylation sites (N-methyl/N-ethyl adjacent to an activating group) is 1. The minimum atomic E-state index is -0.199. The number of amides is 1. The molecule has 1 aliphatic heterocycles. The number of likely N-dealkylation sites (tertiary alicyclic amines) is 1. The highest BCUT2D eigenvalue weighted by molar-refractivity contribution is 6.33. The number of halogens is 1. The Balaban J connectivity index is 2.04. The quantitative estimate of drug-likeness (QED) is 0.892. The second kappa shape index (κ2) is 6.90. The number of nitrogens with zero attached hydrogens (tertiary/aromatic N) is 2. The van der Waals surface area contributed by atoms with E-state index in [0.717, 1.165) is 32.5 Å². The smallest absolute Gasteiger partial charge is 0.271 e. The molecule has 0 bridgehead atoms. The first-order valence-electron chi connectivity index (χ1n) is 7.01. The lowest BCUT2D eigenvalue weighted by atomic mass is 10.1. The van der Waals surface area contributed by atoms with E-state index in [2.05, 4.69) is 27.4 Å². The second-order valence-corrected chi connectivity index (χ2v) is 5.39. The number of anilines is 1. The Kier molecular flexibility index (Phi) is 5.20. The molecule has 5 nitrogen and oxygen atoms in total. The Morgan fingerprint density at radius 2 is 2.35 bits per heavy atom. The zero-order valence-electron chi connectivity index (χ0n) is 11.9. The summed E-state index contributed by atoms with van der Waals surface area (Å²) >= 11 is 6.06. The van der Waals surface area contributed by atoms with Crippen molar-refractivity contribution in [2.24, 2.45) is 0 Å². The van der Waals surface area contributed by atoms with Gasteiger partial charge in [0.15, 0.2) is 0 Å². The predicted octanol–water partition coefficient (Wildman–Crippen LogP) is 1.99. The Hall–Kier alpha value is -1.33. The number of carbonyl (C=O) groups is 1. The van der Waals surface area contributed by atoms with Crippen LogP contribution in [0.5, 0.6) is 0 Å². The molecular weight excluding hydrogens is 276 g/mol. The SMILES string of the molecule is CCN1CCCC(NC(=O)c2nc(NC)ccc2Cl)C1. The molecule has 0 aromatic carbocycles. The highest BCUT2D eigenvalue weighted by atomic mass is 35.5. The number of carbonyl (C=O) groups excluding carboxylic acids is 1. The van der Waals surface area contributed by atoms with Gasteiger partial charge in [0.2, 0.25) is 0 Å². The van der Waals surface area contributed by atoms with Gasteiger partial charge in [-0.2, -0.15) is 0 Å². The molecule has 1 amide bonds. The fourth-order valence-corrected chi connectivity index (χ4v) is 2.65. The van der Waals surface area contributed by atoms with Gasteiger partial charge in [-0.3, -0.25) is 4.79 Å². The van der Waals surface area contributed by atoms with Crippen molar-refractivity contribution < 1.29 is 4.79 Å². The standard InChI is InChI=1S/C14H21ClN4O/c1-3-19-8-4-5-10(9-19)17-14(20)13-11(15)6-7-12(16-2)18-13/h6-7,10H,3-5,8-9H2,1-2H3,(H,16,18)(H,17,20). The van der Waals surface area contributed by atoms with Crippen LogP contribution in [0.4, 0.5) is 5.82 Å². The van der Waals surface area contributed by atoms with Crippen LogP contribution in [0.2, 0.25) is 5.02 Å². The molecule has 1 fully saturated rings. The van der Waals surface area contributed by atoms with Gasteiger partial charge in [-0.15, -0.1) is 0 Å². The zero-order chi connectivity index (χ0) is 14.5. The van der Waals surface area contributed by atoms with E-state index in [1.54, 1.807) is 19.2 Å². The average molecular weight is 297 g/mol. The van der Waals surface area contributed by atoms with Gasteiger partial charge < -0.3 is 15.5 Å². The number of piperidine rings is 1. The van der Waals surface area contributed by atoms with E-state index in [-0.39, 0.29) is 17.6 Å². The van der Waals surface area contributed by atoms with Gasteiger partial charge in [0, 0.05) is 19.6 Å². The van der Waals surface area contributed by atoms with Crippen LogP contribution < -0.4 is 10.6 Å². The Labute approximate surface area is 124 Å². The monoisotopic (exact) mass is 296 g/mol.